The number of benzene rings is 4. The topological polar surface area (TPSA) is 64.1 Å². The molecular formula is C44H45Cl2N3O4. The monoisotopic (exact) mass is 749 g/mol. The Labute approximate surface area is 322 Å². The quantitative estimate of drug-likeness (QED) is 0.105. The van der Waals surface area contributed by atoms with Crippen LogP contribution in [0.25, 0.3) is 6.08 Å². The second kappa shape index (κ2) is 18.3. The van der Waals surface area contributed by atoms with Gasteiger partial charge in [-0.2, -0.15) is 0 Å². The van der Waals surface area contributed by atoms with Crippen molar-refractivity contribution in [1.82, 2.24) is 14.8 Å². The average Bonchev–Trinajstić information content (AvgIpc) is 3.16. The first kappa shape index (κ1) is 37.9. The number of carbonyl (C=O) groups is 1. The second-order valence-corrected chi connectivity index (χ2v) is 14.4. The number of aromatic nitrogens is 1. The van der Waals surface area contributed by atoms with Crippen LogP contribution in [-0.4, -0.2) is 53.5 Å². The number of aryl methyl sites for hydroxylation is 1. The van der Waals surface area contributed by atoms with Crippen LogP contribution < -0.4 is 14.2 Å². The molecule has 4 aromatic carbocycles. The first-order valence-corrected chi connectivity index (χ1v) is 18.8. The molecule has 1 aliphatic heterocycles. The summed E-state index contributed by atoms with van der Waals surface area (Å²) in [4.78, 5) is 21.7. The van der Waals surface area contributed by atoms with Crippen molar-refractivity contribution >= 4 is 35.2 Å². The molecule has 6 rings (SSSR count). The number of hydrogen-bond donors (Lipinski definition) is 0. The summed E-state index contributed by atoms with van der Waals surface area (Å²) >= 11 is 12.7. The molecule has 1 saturated heterocycles. The van der Waals surface area contributed by atoms with Gasteiger partial charge in [-0.05, 0) is 94.8 Å². The molecule has 0 aliphatic carbocycles. The third-order valence-corrected chi connectivity index (χ3v) is 9.72. The van der Waals surface area contributed by atoms with Crippen LogP contribution in [0.5, 0.6) is 23.1 Å². The highest BCUT2D eigenvalue weighted by molar-refractivity contribution is 6.32. The van der Waals surface area contributed by atoms with Gasteiger partial charge in [0.25, 0.3) is 0 Å². The molecule has 1 aliphatic rings. The molecule has 0 spiro atoms. The average molecular weight is 751 g/mol. The largest absolute Gasteiger partial charge is 0.493 e. The lowest BCUT2D eigenvalue weighted by Crippen LogP contribution is -2.47. The molecule has 0 atom stereocenters. The Bertz CT molecular complexity index is 1970. The summed E-state index contributed by atoms with van der Waals surface area (Å²) in [6, 6.07) is 31.9. The van der Waals surface area contributed by atoms with Crippen LogP contribution >= 0.6 is 23.2 Å². The zero-order chi connectivity index (χ0) is 37.2. The van der Waals surface area contributed by atoms with E-state index in [0.29, 0.717) is 59.6 Å². The summed E-state index contributed by atoms with van der Waals surface area (Å²) in [6.45, 7) is 11.2. The van der Waals surface area contributed by atoms with Crippen LogP contribution in [0, 0.1) is 6.92 Å². The summed E-state index contributed by atoms with van der Waals surface area (Å²) < 4.78 is 17.8. The summed E-state index contributed by atoms with van der Waals surface area (Å²) in [6.07, 6.45) is 5.89. The Morgan fingerprint density at radius 2 is 1.57 bits per heavy atom. The van der Waals surface area contributed by atoms with Gasteiger partial charge in [0.1, 0.15) is 18.1 Å². The zero-order valence-electron chi connectivity index (χ0n) is 30.4. The van der Waals surface area contributed by atoms with Crippen LogP contribution in [0.4, 0.5) is 0 Å². The smallest absolute Gasteiger partial charge is 0.246 e. The standard InChI is InChI=1S/C44H45Cl2N3O4/c1-31(2)37-12-14-39(15-13-37)51-24-19-33-7-9-34(10-8-33)29-48-20-22-49(23-21-48)43(50)18-11-35-25-32(3)44(41(46)27-35)53-42-17-16-40(28-47-42)52-30-36-5-4-6-38(45)26-36/h4-18,25-28,31H,19-24,29-30H2,1-3H3/b18-11+. The van der Waals surface area contributed by atoms with Crippen LogP contribution in [0.3, 0.4) is 0 Å². The van der Waals surface area contributed by atoms with Crippen molar-refractivity contribution in [2.24, 2.45) is 0 Å². The SMILES string of the molecule is Cc1cc(/C=C/C(=O)N2CCN(Cc3ccc(CCOc4ccc(C(C)C)cc4)cc3)CC2)cc(Cl)c1Oc1ccc(OCc2cccc(Cl)c2)cn1. The molecule has 0 bridgehead atoms. The van der Waals surface area contributed by atoms with Gasteiger partial charge in [0.05, 0.1) is 17.8 Å². The highest BCUT2D eigenvalue weighted by Gasteiger charge is 2.20. The van der Waals surface area contributed by atoms with Gasteiger partial charge in [0.15, 0.2) is 5.75 Å². The van der Waals surface area contributed by atoms with E-state index >= 15 is 0 Å². The maximum absolute atomic E-state index is 13.1. The molecule has 0 radical (unpaired) electrons. The molecule has 274 valence electrons. The molecule has 7 nitrogen and oxygen atoms in total. The first-order chi connectivity index (χ1) is 25.7. The third kappa shape index (κ3) is 11.1. The van der Waals surface area contributed by atoms with E-state index in [4.69, 9.17) is 37.4 Å². The maximum Gasteiger partial charge on any atom is 0.246 e. The fourth-order valence-electron chi connectivity index (χ4n) is 6.10. The summed E-state index contributed by atoms with van der Waals surface area (Å²) in [5.41, 5.74) is 6.46. The maximum atomic E-state index is 13.1. The molecule has 1 aromatic heterocycles. The Hall–Kier alpha value is -4.82. The van der Waals surface area contributed by atoms with Gasteiger partial charge >= 0.3 is 0 Å². The Morgan fingerprint density at radius 3 is 2.25 bits per heavy atom. The van der Waals surface area contributed by atoms with Crippen molar-refractivity contribution < 1.29 is 19.0 Å². The fraction of sp³-hybridized carbons (Fsp3) is 0.273. The minimum absolute atomic E-state index is 0.0111. The highest BCUT2D eigenvalue weighted by Crippen LogP contribution is 2.34. The number of pyridine rings is 1. The van der Waals surface area contributed by atoms with Crippen molar-refractivity contribution in [2.75, 3.05) is 32.8 Å². The number of nitrogens with zero attached hydrogens (tertiary/aromatic N) is 3. The van der Waals surface area contributed by atoms with E-state index in [1.165, 1.54) is 16.7 Å². The first-order valence-electron chi connectivity index (χ1n) is 18.0. The normalized spacial score (nSPS) is 13.4. The predicted octanol–water partition coefficient (Wildman–Crippen LogP) is 10.2. The lowest BCUT2D eigenvalue weighted by molar-refractivity contribution is -0.127. The molecule has 1 amide bonds. The van der Waals surface area contributed by atoms with Gasteiger partial charge < -0.3 is 19.1 Å². The van der Waals surface area contributed by atoms with Gasteiger partial charge in [-0.25, -0.2) is 4.98 Å². The van der Waals surface area contributed by atoms with Crippen LogP contribution in [0.2, 0.25) is 10.0 Å². The van der Waals surface area contributed by atoms with E-state index in [9.17, 15) is 4.79 Å². The van der Waals surface area contributed by atoms with Gasteiger partial charge in [0, 0.05) is 56.3 Å². The second-order valence-electron chi connectivity index (χ2n) is 13.6. The van der Waals surface area contributed by atoms with Crippen LogP contribution in [0.1, 0.15) is 53.1 Å². The van der Waals surface area contributed by atoms with Gasteiger partial charge in [-0.15, -0.1) is 0 Å². The molecule has 0 unspecified atom stereocenters. The van der Waals surface area contributed by atoms with Gasteiger partial charge in [-0.3, -0.25) is 9.69 Å². The van der Waals surface area contributed by atoms with Crippen LogP contribution in [0.15, 0.2) is 109 Å². The minimum atomic E-state index is -0.0111. The van der Waals surface area contributed by atoms with E-state index in [0.717, 1.165) is 48.5 Å². The molecule has 9 heteroatoms. The lowest BCUT2D eigenvalue weighted by Gasteiger charge is -2.34. The molecule has 0 N–H and O–H groups in total. The van der Waals surface area contributed by atoms with E-state index in [-0.39, 0.29) is 5.91 Å². The fourth-order valence-corrected chi connectivity index (χ4v) is 6.62. The molecular weight excluding hydrogens is 705 g/mol. The van der Waals surface area contributed by atoms with Crippen molar-refractivity contribution in [3.8, 4) is 23.1 Å². The Morgan fingerprint density at radius 1 is 0.830 bits per heavy atom. The number of ether oxygens (including phenoxy) is 3. The van der Waals surface area contributed by atoms with Crippen molar-refractivity contribution in [3.05, 3.63) is 153 Å². The molecule has 0 saturated carbocycles. The Kier molecular flexibility index (Phi) is 13.1. The molecule has 53 heavy (non-hydrogen) atoms. The lowest BCUT2D eigenvalue weighted by atomic mass is 10.0. The van der Waals surface area contributed by atoms with Crippen molar-refractivity contribution in [3.63, 3.8) is 0 Å². The molecule has 5 aromatic rings. The van der Waals surface area contributed by atoms with E-state index < -0.39 is 0 Å². The number of hydrogen-bond acceptors (Lipinski definition) is 6. The van der Waals surface area contributed by atoms with E-state index in [1.807, 2.05) is 42.2 Å². The highest BCUT2D eigenvalue weighted by atomic mass is 35.5. The summed E-state index contributed by atoms with van der Waals surface area (Å²) in [7, 11) is 0. The number of amides is 1. The number of piperazine rings is 1. The summed E-state index contributed by atoms with van der Waals surface area (Å²) in [5.74, 6) is 2.93. The molecule has 2 heterocycles. The van der Waals surface area contributed by atoms with Gasteiger partial charge in [0.2, 0.25) is 11.8 Å². The van der Waals surface area contributed by atoms with E-state index in [2.05, 4.69) is 72.3 Å². The summed E-state index contributed by atoms with van der Waals surface area (Å²) in [5, 5.41) is 1.10. The zero-order valence-corrected chi connectivity index (χ0v) is 31.9. The predicted molar refractivity (Wildman–Crippen MR) is 213 cm³/mol. The number of halogens is 2. The number of rotatable bonds is 14. The van der Waals surface area contributed by atoms with Crippen molar-refractivity contribution in [1.29, 1.82) is 0 Å². The van der Waals surface area contributed by atoms with E-state index in [1.54, 1.807) is 36.5 Å². The molecule has 1 fully saturated rings. The Balaban J connectivity index is 0.923. The van der Waals surface area contributed by atoms with Gasteiger partial charge in [-0.1, -0.05) is 85.6 Å². The van der Waals surface area contributed by atoms with Crippen molar-refractivity contribution in [2.45, 2.75) is 46.3 Å². The minimum Gasteiger partial charge on any atom is -0.493 e. The van der Waals surface area contributed by atoms with Crippen LogP contribution in [-0.2, 0) is 24.4 Å². The number of carbonyl (C=O) groups excluding carboxylic acids is 1. The third-order valence-electron chi connectivity index (χ3n) is 9.20.